The lowest BCUT2D eigenvalue weighted by atomic mass is 10.1. The van der Waals surface area contributed by atoms with Gasteiger partial charge in [-0.2, -0.15) is 0 Å². The van der Waals surface area contributed by atoms with Crippen molar-refractivity contribution >= 4 is 34.5 Å². The van der Waals surface area contributed by atoms with E-state index in [0.29, 0.717) is 16.9 Å². The molecule has 2 N–H and O–H groups in total. The predicted octanol–water partition coefficient (Wildman–Crippen LogP) is 4.58. The lowest BCUT2D eigenvalue weighted by Crippen LogP contribution is -2.12. The molecule has 0 saturated carbocycles. The van der Waals surface area contributed by atoms with Gasteiger partial charge in [0.15, 0.2) is 0 Å². The fourth-order valence-corrected chi connectivity index (χ4v) is 3.20. The number of hydrogen-bond donors (Lipinski definition) is 2. The van der Waals surface area contributed by atoms with Gasteiger partial charge >= 0.3 is 0 Å². The van der Waals surface area contributed by atoms with Gasteiger partial charge in [0.05, 0.1) is 10.7 Å². The Morgan fingerprint density at radius 1 is 0.962 bits per heavy atom. The van der Waals surface area contributed by atoms with Crippen LogP contribution in [0.3, 0.4) is 0 Å². The highest BCUT2D eigenvalue weighted by Crippen LogP contribution is 2.23. The standard InChI is InChI=1S/C20H19N3O2S/c1-3-19-23-18(12-26-19)14-4-6-15(7-5-14)20(25)22-17-10-8-16(9-11-17)21-13(2)24/h4-12H,3H2,1-2H3,(H,21,24)(H,22,25). The highest BCUT2D eigenvalue weighted by molar-refractivity contribution is 7.09. The first-order chi connectivity index (χ1) is 12.5. The molecule has 0 saturated heterocycles. The molecule has 2 aromatic carbocycles. The molecule has 5 nitrogen and oxygen atoms in total. The van der Waals surface area contributed by atoms with E-state index in [9.17, 15) is 9.59 Å². The number of nitrogens with one attached hydrogen (secondary N) is 2. The van der Waals surface area contributed by atoms with Gasteiger partial charge in [-0.25, -0.2) is 4.98 Å². The maximum atomic E-state index is 12.4. The number of benzene rings is 2. The maximum Gasteiger partial charge on any atom is 0.255 e. The van der Waals surface area contributed by atoms with Crippen LogP contribution in [0.4, 0.5) is 11.4 Å². The lowest BCUT2D eigenvalue weighted by Gasteiger charge is -2.07. The van der Waals surface area contributed by atoms with E-state index in [0.717, 1.165) is 22.7 Å². The minimum atomic E-state index is -0.184. The Balaban J connectivity index is 1.67. The molecule has 132 valence electrons. The molecule has 0 aliphatic carbocycles. The number of anilines is 2. The zero-order valence-electron chi connectivity index (χ0n) is 14.6. The van der Waals surface area contributed by atoms with Crippen LogP contribution in [-0.4, -0.2) is 16.8 Å². The number of aryl methyl sites for hydroxylation is 1. The summed E-state index contributed by atoms with van der Waals surface area (Å²) in [6.07, 6.45) is 0.923. The predicted molar refractivity (Wildman–Crippen MR) is 106 cm³/mol. The number of nitrogens with zero attached hydrogens (tertiary/aromatic N) is 1. The van der Waals surface area contributed by atoms with Crippen LogP contribution >= 0.6 is 11.3 Å². The van der Waals surface area contributed by atoms with Crippen molar-refractivity contribution in [2.75, 3.05) is 10.6 Å². The smallest absolute Gasteiger partial charge is 0.255 e. The molecule has 0 unspecified atom stereocenters. The van der Waals surface area contributed by atoms with E-state index in [-0.39, 0.29) is 11.8 Å². The molecule has 3 rings (SSSR count). The van der Waals surface area contributed by atoms with Crippen molar-refractivity contribution in [3.63, 3.8) is 0 Å². The second-order valence-electron chi connectivity index (χ2n) is 5.77. The van der Waals surface area contributed by atoms with Crippen LogP contribution in [0.5, 0.6) is 0 Å². The SMILES string of the molecule is CCc1nc(-c2ccc(C(=O)Nc3ccc(NC(C)=O)cc3)cc2)cs1. The van der Waals surface area contributed by atoms with Gasteiger partial charge in [-0.1, -0.05) is 19.1 Å². The molecule has 3 aromatic rings. The Labute approximate surface area is 156 Å². The Kier molecular flexibility index (Phi) is 5.43. The number of hydrogen-bond acceptors (Lipinski definition) is 4. The van der Waals surface area contributed by atoms with Gasteiger partial charge in [-0.15, -0.1) is 11.3 Å². The van der Waals surface area contributed by atoms with E-state index in [1.807, 2.05) is 17.5 Å². The highest BCUT2D eigenvalue weighted by atomic mass is 32.1. The topological polar surface area (TPSA) is 71.1 Å². The summed E-state index contributed by atoms with van der Waals surface area (Å²) in [6.45, 7) is 3.53. The van der Waals surface area contributed by atoms with Crippen LogP contribution in [0.15, 0.2) is 53.9 Å². The minimum absolute atomic E-state index is 0.131. The van der Waals surface area contributed by atoms with E-state index >= 15 is 0 Å². The van der Waals surface area contributed by atoms with E-state index in [2.05, 4.69) is 22.5 Å². The third-order valence-corrected chi connectivity index (χ3v) is 4.75. The Bertz CT molecular complexity index is 915. The fraction of sp³-hybridized carbons (Fsp3) is 0.150. The Hall–Kier alpha value is -2.99. The Morgan fingerprint density at radius 3 is 2.12 bits per heavy atom. The summed E-state index contributed by atoms with van der Waals surface area (Å²) in [6, 6.07) is 14.4. The zero-order chi connectivity index (χ0) is 18.5. The van der Waals surface area contributed by atoms with Gasteiger partial charge in [0.1, 0.15) is 0 Å². The van der Waals surface area contributed by atoms with Crippen molar-refractivity contribution in [3.05, 3.63) is 64.5 Å². The van der Waals surface area contributed by atoms with Crippen LogP contribution in [0.25, 0.3) is 11.3 Å². The summed E-state index contributed by atoms with van der Waals surface area (Å²) in [4.78, 5) is 28.0. The number of aromatic nitrogens is 1. The Morgan fingerprint density at radius 2 is 1.58 bits per heavy atom. The van der Waals surface area contributed by atoms with Gasteiger partial charge < -0.3 is 10.6 Å². The minimum Gasteiger partial charge on any atom is -0.326 e. The maximum absolute atomic E-state index is 12.4. The number of carbonyl (C=O) groups is 2. The van der Waals surface area contributed by atoms with Crippen LogP contribution in [0, 0.1) is 0 Å². The van der Waals surface area contributed by atoms with Crippen molar-refractivity contribution in [3.8, 4) is 11.3 Å². The zero-order valence-corrected chi connectivity index (χ0v) is 15.4. The van der Waals surface area contributed by atoms with Crippen molar-refractivity contribution < 1.29 is 9.59 Å². The second kappa shape index (κ2) is 7.93. The summed E-state index contributed by atoms with van der Waals surface area (Å²) >= 11 is 1.64. The first-order valence-corrected chi connectivity index (χ1v) is 9.17. The van der Waals surface area contributed by atoms with Crippen molar-refractivity contribution in [2.45, 2.75) is 20.3 Å². The number of rotatable bonds is 5. The van der Waals surface area contributed by atoms with Crippen LogP contribution in [-0.2, 0) is 11.2 Å². The molecule has 2 amide bonds. The second-order valence-corrected chi connectivity index (χ2v) is 6.71. The molecular weight excluding hydrogens is 346 g/mol. The van der Waals surface area contributed by atoms with E-state index in [4.69, 9.17) is 0 Å². The average molecular weight is 365 g/mol. The number of amides is 2. The van der Waals surface area contributed by atoms with Crippen molar-refractivity contribution in [2.24, 2.45) is 0 Å². The summed E-state index contributed by atoms with van der Waals surface area (Å²) in [5, 5.41) is 8.67. The van der Waals surface area contributed by atoms with E-state index < -0.39 is 0 Å². The molecule has 6 heteroatoms. The third-order valence-electron chi connectivity index (χ3n) is 3.76. The molecule has 26 heavy (non-hydrogen) atoms. The lowest BCUT2D eigenvalue weighted by molar-refractivity contribution is -0.114. The van der Waals surface area contributed by atoms with Crippen molar-refractivity contribution in [1.82, 2.24) is 4.98 Å². The third kappa shape index (κ3) is 4.34. The summed E-state index contributed by atoms with van der Waals surface area (Å²) < 4.78 is 0. The summed E-state index contributed by atoms with van der Waals surface area (Å²) in [7, 11) is 0. The van der Waals surface area contributed by atoms with Gasteiger partial charge in [0.2, 0.25) is 5.91 Å². The summed E-state index contributed by atoms with van der Waals surface area (Å²) in [5.74, 6) is -0.315. The molecule has 1 aromatic heterocycles. The first-order valence-electron chi connectivity index (χ1n) is 8.29. The van der Waals surface area contributed by atoms with E-state index in [1.54, 1.807) is 47.7 Å². The molecule has 0 aliphatic rings. The molecule has 0 fully saturated rings. The molecule has 0 spiro atoms. The van der Waals surface area contributed by atoms with Gasteiger partial charge in [0.25, 0.3) is 5.91 Å². The average Bonchev–Trinajstić information content (AvgIpc) is 3.12. The number of thiazole rings is 1. The van der Waals surface area contributed by atoms with Crippen LogP contribution in [0.2, 0.25) is 0 Å². The van der Waals surface area contributed by atoms with E-state index in [1.165, 1.54) is 6.92 Å². The van der Waals surface area contributed by atoms with Crippen molar-refractivity contribution in [1.29, 1.82) is 0 Å². The molecule has 0 atom stereocenters. The van der Waals surface area contributed by atoms with Gasteiger partial charge in [-0.3, -0.25) is 9.59 Å². The van der Waals surface area contributed by atoms with Crippen LogP contribution in [0.1, 0.15) is 29.2 Å². The molecule has 0 radical (unpaired) electrons. The normalized spacial score (nSPS) is 10.4. The fourth-order valence-electron chi connectivity index (χ4n) is 2.44. The highest BCUT2D eigenvalue weighted by Gasteiger charge is 2.08. The molecule has 1 heterocycles. The monoisotopic (exact) mass is 365 g/mol. The van der Waals surface area contributed by atoms with Crippen LogP contribution < -0.4 is 10.6 Å². The molecule has 0 bridgehead atoms. The molecular formula is C20H19N3O2S. The quantitative estimate of drug-likeness (QED) is 0.695. The van der Waals surface area contributed by atoms with Gasteiger partial charge in [-0.05, 0) is 42.8 Å². The summed E-state index contributed by atoms with van der Waals surface area (Å²) in [5.41, 5.74) is 3.87. The largest absolute Gasteiger partial charge is 0.326 e. The number of carbonyl (C=O) groups excluding carboxylic acids is 2. The molecule has 0 aliphatic heterocycles. The van der Waals surface area contributed by atoms with Gasteiger partial charge in [0, 0.05) is 34.8 Å². The first kappa shape index (κ1) is 17.8.